The highest BCUT2D eigenvalue weighted by atomic mass is 16.1. The van der Waals surface area contributed by atoms with E-state index in [1.165, 1.54) is 19.3 Å². The van der Waals surface area contributed by atoms with E-state index in [-0.39, 0.29) is 11.3 Å². The van der Waals surface area contributed by atoms with Gasteiger partial charge in [0, 0.05) is 18.8 Å². The van der Waals surface area contributed by atoms with E-state index in [9.17, 15) is 9.59 Å². The van der Waals surface area contributed by atoms with Crippen LogP contribution in [0.25, 0.3) is 0 Å². The van der Waals surface area contributed by atoms with Crippen LogP contribution in [0.2, 0.25) is 0 Å². The lowest BCUT2D eigenvalue weighted by Crippen LogP contribution is -2.44. The molecule has 0 aromatic rings. The van der Waals surface area contributed by atoms with Crippen LogP contribution in [-0.4, -0.2) is 11.6 Å². The maximum atomic E-state index is 11.9. The van der Waals surface area contributed by atoms with E-state index in [0.717, 1.165) is 12.8 Å². The monoisotopic (exact) mass is 220 g/mol. The summed E-state index contributed by atoms with van der Waals surface area (Å²) in [5.41, 5.74) is 0.101. The van der Waals surface area contributed by atoms with Gasteiger partial charge in [-0.25, -0.2) is 0 Å². The molecule has 3 aliphatic rings. The van der Waals surface area contributed by atoms with E-state index in [2.05, 4.69) is 0 Å². The number of carbonyl (C=O) groups is 2. The largest absolute Gasteiger partial charge is 0.300 e. The number of ketones is 2. The molecule has 3 unspecified atom stereocenters. The topological polar surface area (TPSA) is 34.1 Å². The number of rotatable bonds is 1. The molecule has 0 amide bonds. The van der Waals surface area contributed by atoms with Gasteiger partial charge in [-0.15, -0.1) is 0 Å². The molecule has 0 saturated heterocycles. The van der Waals surface area contributed by atoms with Gasteiger partial charge in [0.15, 0.2) is 0 Å². The summed E-state index contributed by atoms with van der Waals surface area (Å²) < 4.78 is 0. The number of carbonyl (C=O) groups excluding carboxylic acids is 2. The fourth-order valence-corrected chi connectivity index (χ4v) is 5.08. The smallest absolute Gasteiger partial charge is 0.133 e. The van der Waals surface area contributed by atoms with Crippen LogP contribution in [0.15, 0.2) is 0 Å². The molecule has 16 heavy (non-hydrogen) atoms. The van der Waals surface area contributed by atoms with E-state index >= 15 is 0 Å². The zero-order valence-corrected chi connectivity index (χ0v) is 10.00. The van der Waals surface area contributed by atoms with Gasteiger partial charge in [-0.05, 0) is 43.4 Å². The van der Waals surface area contributed by atoms with Gasteiger partial charge in [-0.3, -0.25) is 9.59 Å². The molecular weight excluding hydrogens is 200 g/mol. The van der Waals surface area contributed by atoms with Crippen molar-refractivity contribution in [3.63, 3.8) is 0 Å². The summed E-state index contributed by atoms with van der Waals surface area (Å²) in [5.74, 6) is 2.05. The molecule has 0 aromatic carbocycles. The number of Topliss-reactive ketones (excluding diaryl/α,β-unsaturated/α-hetero) is 2. The lowest BCUT2D eigenvalue weighted by Gasteiger charge is -2.45. The maximum absolute atomic E-state index is 11.9. The Morgan fingerprint density at radius 2 is 2.19 bits per heavy atom. The first-order valence-electron chi connectivity index (χ1n) is 6.65. The average molecular weight is 220 g/mol. The third-order valence-corrected chi connectivity index (χ3v) is 5.39. The second kappa shape index (κ2) is 3.41. The fourth-order valence-electron chi connectivity index (χ4n) is 5.08. The molecule has 3 rings (SSSR count). The summed E-state index contributed by atoms with van der Waals surface area (Å²) >= 11 is 0. The van der Waals surface area contributed by atoms with Gasteiger partial charge >= 0.3 is 0 Å². The molecular formula is C14H20O2. The van der Waals surface area contributed by atoms with E-state index in [1.54, 1.807) is 6.92 Å². The summed E-state index contributed by atoms with van der Waals surface area (Å²) in [4.78, 5) is 23.7. The molecule has 2 heteroatoms. The Morgan fingerprint density at radius 1 is 1.38 bits per heavy atom. The quantitative estimate of drug-likeness (QED) is 0.681. The molecule has 1 spiro atoms. The van der Waals surface area contributed by atoms with Crippen LogP contribution in [0.3, 0.4) is 0 Å². The summed E-state index contributed by atoms with van der Waals surface area (Å²) in [7, 11) is 0. The molecule has 2 nitrogen and oxygen atoms in total. The van der Waals surface area contributed by atoms with Crippen molar-refractivity contribution in [1.29, 1.82) is 0 Å². The third kappa shape index (κ3) is 1.25. The van der Waals surface area contributed by atoms with E-state index in [1.807, 2.05) is 0 Å². The first-order valence-corrected chi connectivity index (χ1v) is 6.65. The van der Waals surface area contributed by atoms with Gasteiger partial charge in [0.2, 0.25) is 0 Å². The summed E-state index contributed by atoms with van der Waals surface area (Å²) in [6.45, 7) is 1.74. The predicted octanol–water partition coefficient (Wildman–Crippen LogP) is 2.75. The van der Waals surface area contributed by atoms with Crippen molar-refractivity contribution in [3.8, 4) is 0 Å². The highest BCUT2D eigenvalue weighted by Crippen LogP contribution is 2.63. The molecule has 3 fully saturated rings. The van der Waals surface area contributed by atoms with Crippen LogP contribution in [0.1, 0.15) is 51.9 Å². The summed E-state index contributed by atoms with van der Waals surface area (Å²) in [5, 5.41) is 0. The first kappa shape index (κ1) is 10.5. The van der Waals surface area contributed by atoms with Crippen LogP contribution in [-0.2, 0) is 9.59 Å². The molecule has 2 bridgehead atoms. The van der Waals surface area contributed by atoms with Gasteiger partial charge in [0.05, 0.1) is 0 Å². The van der Waals surface area contributed by atoms with Gasteiger partial charge in [0.25, 0.3) is 0 Å². The van der Waals surface area contributed by atoms with Crippen LogP contribution < -0.4 is 0 Å². The van der Waals surface area contributed by atoms with E-state index in [4.69, 9.17) is 0 Å². The van der Waals surface area contributed by atoms with E-state index in [0.29, 0.717) is 36.2 Å². The zero-order valence-electron chi connectivity index (χ0n) is 10.00. The minimum absolute atomic E-state index is 0.101. The van der Waals surface area contributed by atoms with Crippen molar-refractivity contribution in [2.24, 2.45) is 23.2 Å². The summed E-state index contributed by atoms with van der Waals surface area (Å²) in [6.07, 6.45) is 7.45. The Hall–Kier alpha value is -0.660. The first-order chi connectivity index (χ1) is 7.63. The molecule has 0 radical (unpaired) electrons. The molecule has 0 aliphatic heterocycles. The number of fused-ring (bicyclic) bond motifs is 1. The Balaban J connectivity index is 2.02. The normalized spacial score (nSPS) is 46.6. The van der Waals surface area contributed by atoms with E-state index < -0.39 is 0 Å². The summed E-state index contributed by atoms with van der Waals surface area (Å²) in [6, 6.07) is 0. The highest BCUT2D eigenvalue weighted by Gasteiger charge is 2.60. The van der Waals surface area contributed by atoms with Gasteiger partial charge < -0.3 is 0 Å². The minimum atomic E-state index is 0.101. The average Bonchev–Trinajstić information content (AvgIpc) is 2.42. The fraction of sp³-hybridized carbons (Fsp3) is 0.857. The standard InChI is InChI=1S/C14H20O2/c1-9(15)13-10-6-11-4-2-3-5-14(11,13)8-12(16)7-10/h10-11,13H,2-8H2,1H3/t10?,11?,13-,14?/m0/s1. The Labute approximate surface area is 96.8 Å². The number of hydrogen-bond acceptors (Lipinski definition) is 2. The van der Waals surface area contributed by atoms with Crippen LogP contribution in [0.5, 0.6) is 0 Å². The zero-order chi connectivity index (χ0) is 11.3. The molecule has 0 N–H and O–H groups in total. The lowest BCUT2D eigenvalue weighted by atomic mass is 9.58. The maximum Gasteiger partial charge on any atom is 0.133 e. The number of hydrogen-bond donors (Lipinski definition) is 0. The predicted molar refractivity (Wildman–Crippen MR) is 60.9 cm³/mol. The van der Waals surface area contributed by atoms with Crippen molar-refractivity contribution in [1.82, 2.24) is 0 Å². The van der Waals surface area contributed by atoms with Gasteiger partial charge in [-0.2, -0.15) is 0 Å². The minimum Gasteiger partial charge on any atom is -0.300 e. The van der Waals surface area contributed by atoms with Crippen LogP contribution >= 0.6 is 0 Å². The van der Waals surface area contributed by atoms with Crippen molar-refractivity contribution >= 4 is 11.6 Å². The third-order valence-electron chi connectivity index (χ3n) is 5.39. The molecule has 4 atom stereocenters. The molecule has 88 valence electrons. The van der Waals surface area contributed by atoms with Gasteiger partial charge in [0.1, 0.15) is 11.6 Å². The van der Waals surface area contributed by atoms with Crippen molar-refractivity contribution in [3.05, 3.63) is 0 Å². The molecule has 3 saturated carbocycles. The van der Waals surface area contributed by atoms with Crippen molar-refractivity contribution in [2.75, 3.05) is 0 Å². The lowest BCUT2D eigenvalue weighted by molar-refractivity contribution is -0.136. The Bertz CT molecular complexity index is 347. The second-order valence-electron chi connectivity index (χ2n) is 6.18. The molecule has 0 heterocycles. The van der Waals surface area contributed by atoms with Crippen LogP contribution in [0, 0.1) is 23.2 Å². The van der Waals surface area contributed by atoms with Crippen LogP contribution in [0.4, 0.5) is 0 Å². The molecule has 3 aliphatic carbocycles. The van der Waals surface area contributed by atoms with Crippen molar-refractivity contribution in [2.45, 2.75) is 51.9 Å². The van der Waals surface area contributed by atoms with Gasteiger partial charge in [-0.1, -0.05) is 12.8 Å². The Morgan fingerprint density at radius 3 is 2.94 bits per heavy atom. The molecule has 0 aromatic heterocycles. The Kier molecular flexibility index (Phi) is 2.24. The van der Waals surface area contributed by atoms with Crippen molar-refractivity contribution < 1.29 is 9.59 Å². The highest BCUT2D eigenvalue weighted by molar-refractivity contribution is 5.87. The SMILES string of the molecule is CC(=O)[C@H]1C2CC(=O)CC13CCCCC3C2. The second-order valence-corrected chi connectivity index (χ2v) is 6.18.